The van der Waals surface area contributed by atoms with Crippen LogP contribution < -0.4 is 0 Å². The summed E-state index contributed by atoms with van der Waals surface area (Å²) in [4.78, 5) is 4.78. The smallest absolute Gasteiger partial charge is 0.227 e. The molecule has 5 aromatic rings. The van der Waals surface area contributed by atoms with Gasteiger partial charge in [0, 0.05) is 22.2 Å². The number of aromatic nitrogens is 1. The first-order valence-electron chi connectivity index (χ1n) is 8.43. The molecule has 4 aromatic carbocycles. The highest BCUT2D eigenvalue weighted by atomic mass is 35.5. The Morgan fingerprint density at radius 2 is 1.50 bits per heavy atom. The normalized spacial score (nSPS) is 11.3. The molecular weight excluding hydrogens is 342 g/mol. The molecule has 3 heteroatoms. The van der Waals surface area contributed by atoms with Crippen molar-refractivity contribution in [2.45, 2.75) is 0 Å². The van der Waals surface area contributed by atoms with Crippen LogP contribution in [0.3, 0.4) is 0 Å². The Labute approximate surface area is 155 Å². The van der Waals surface area contributed by atoms with Crippen molar-refractivity contribution in [3.05, 3.63) is 90.0 Å². The fraction of sp³-hybridized carbons (Fsp3) is 0. The van der Waals surface area contributed by atoms with E-state index < -0.39 is 0 Å². The van der Waals surface area contributed by atoms with E-state index in [1.54, 1.807) is 0 Å². The van der Waals surface area contributed by atoms with Gasteiger partial charge in [-0.15, -0.1) is 0 Å². The molecule has 0 bridgehead atoms. The van der Waals surface area contributed by atoms with Crippen molar-refractivity contribution in [3.8, 4) is 22.6 Å². The summed E-state index contributed by atoms with van der Waals surface area (Å²) in [7, 11) is 0. The lowest BCUT2D eigenvalue weighted by molar-refractivity contribution is 0.620. The average Bonchev–Trinajstić information content (AvgIpc) is 3.11. The molecule has 1 heterocycles. The van der Waals surface area contributed by atoms with Crippen molar-refractivity contribution in [1.29, 1.82) is 0 Å². The number of hydrogen-bond acceptors (Lipinski definition) is 2. The number of halogens is 1. The molecule has 26 heavy (non-hydrogen) atoms. The molecule has 0 radical (unpaired) electrons. The summed E-state index contributed by atoms with van der Waals surface area (Å²) in [5.41, 5.74) is 4.55. The van der Waals surface area contributed by atoms with Gasteiger partial charge in [0.1, 0.15) is 5.52 Å². The minimum absolute atomic E-state index is 0.601. The van der Waals surface area contributed by atoms with Crippen molar-refractivity contribution in [1.82, 2.24) is 4.98 Å². The van der Waals surface area contributed by atoms with Gasteiger partial charge < -0.3 is 4.42 Å². The molecule has 0 spiro atoms. The van der Waals surface area contributed by atoms with Gasteiger partial charge in [-0.1, -0.05) is 72.3 Å². The zero-order chi connectivity index (χ0) is 17.5. The van der Waals surface area contributed by atoms with Gasteiger partial charge in [-0.3, -0.25) is 0 Å². The topological polar surface area (TPSA) is 26.0 Å². The molecule has 5 rings (SSSR count). The Bertz CT molecular complexity index is 1240. The van der Waals surface area contributed by atoms with Gasteiger partial charge in [0.25, 0.3) is 0 Å². The molecule has 0 aliphatic carbocycles. The quantitative estimate of drug-likeness (QED) is 0.342. The lowest BCUT2D eigenvalue weighted by atomic mass is 9.97. The highest BCUT2D eigenvalue weighted by Crippen LogP contribution is 2.37. The Morgan fingerprint density at radius 1 is 0.731 bits per heavy atom. The van der Waals surface area contributed by atoms with E-state index >= 15 is 0 Å². The lowest BCUT2D eigenvalue weighted by Gasteiger charge is -2.07. The maximum Gasteiger partial charge on any atom is 0.227 e. The third kappa shape index (κ3) is 2.47. The van der Waals surface area contributed by atoms with E-state index in [-0.39, 0.29) is 0 Å². The zero-order valence-corrected chi connectivity index (χ0v) is 14.6. The summed E-state index contributed by atoms with van der Waals surface area (Å²) in [6.07, 6.45) is 0. The molecule has 0 aliphatic rings. The van der Waals surface area contributed by atoms with Crippen LogP contribution in [0.25, 0.3) is 44.5 Å². The first-order chi connectivity index (χ1) is 12.8. The van der Waals surface area contributed by atoms with Crippen LogP contribution in [0.1, 0.15) is 0 Å². The Balaban J connectivity index is 1.81. The second kappa shape index (κ2) is 6.01. The minimum atomic E-state index is 0.601. The van der Waals surface area contributed by atoms with Gasteiger partial charge in [-0.25, -0.2) is 4.98 Å². The zero-order valence-electron chi connectivity index (χ0n) is 13.8. The molecule has 0 saturated carbocycles. The largest absolute Gasteiger partial charge is 0.436 e. The van der Waals surface area contributed by atoms with Crippen molar-refractivity contribution in [2.75, 3.05) is 0 Å². The maximum atomic E-state index is 6.39. The first kappa shape index (κ1) is 15.2. The highest BCUT2D eigenvalue weighted by molar-refractivity contribution is 6.32. The fourth-order valence-electron chi connectivity index (χ4n) is 3.37. The minimum Gasteiger partial charge on any atom is -0.436 e. The molecular formula is C23H14ClNO. The monoisotopic (exact) mass is 355 g/mol. The summed E-state index contributed by atoms with van der Waals surface area (Å²) in [6, 6.07) is 28.3. The molecule has 0 aliphatic heterocycles. The van der Waals surface area contributed by atoms with Crippen LogP contribution in [-0.4, -0.2) is 4.98 Å². The number of rotatable bonds is 2. The van der Waals surface area contributed by atoms with E-state index in [1.165, 1.54) is 10.8 Å². The molecule has 0 unspecified atom stereocenters. The molecule has 2 nitrogen and oxygen atoms in total. The van der Waals surface area contributed by atoms with Crippen LogP contribution in [-0.2, 0) is 0 Å². The fourth-order valence-corrected chi connectivity index (χ4v) is 3.57. The molecule has 0 fully saturated rings. The summed E-state index contributed by atoms with van der Waals surface area (Å²) in [5, 5.41) is 2.99. The van der Waals surface area contributed by atoms with Gasteiger partial charge in [-0.2, -0.15) is 0 Å². The van der Waals surface area contributed by atoms with Crippen LogP contribution in [0.5, 0.6) is 0 Å². The molecule has 0 amide bonds. The summed E-state index contributed by atoms with van der Waals surface area (Å²) < 4.78 is 6.01. The van der Waals surface area contributed by atoms with Crippen molar-refractivity contribution >= 4 is 33.5 Å². The Morgan fingerprint density at radius 3 is 2.38 bits per heavy atom. The Kier molecular flexibility index (Phi) is 3.51. The van der Waals surface area contributed by atoms with Crippen LogP contribution in [0.15, 0.2) is 89.3 Å². The highest BCUT2D eigenvalue weighted by Gasteiger charge is 2.15. The van der Waals surface area contributed by atoms with Crippen molar-refractivity contribution in [3.63, 3.8) is 0 Å². The molecule has 0 N–H and O–H groups in total. The maximum absolute atomic E-state index is 6.39. The molecule has 1 aromatic heterocycles. The lowest BCUT2D eigenvalue weighted by Crippen LogP contribution is -1.84. The van der Waals surface area contributed by atoms with Gasteiger partial charge in [0.2, 0.25) is 5.89 Å². The van der Waals surface area contributed by atoms with Crippen LogP contribution in [0.2, 0.25) is 5.02 Å². The van der Waals surface area contributed by atoms with Crippen molar-refractivity contribution in [2.24, 2.45) is 0 Å². The molecule has 124 valence electrons. The number of benzene rings is 4. The number of hydrogen-bond donors (Lipinski definition) is 0. The first-order valence-corrected chi connectivity index (χ1v) is 8.81. The number of fused-ring (bicyclic) bond motifs is 2. The van der Waals surface area contributed by atoms with Crippen LogP contribution in [0.4, 0.5) is 0 Å². The second-order valence-corrected chi connectivity index (χ2v) is 6.65. The van der Waals surface area contributed by atoms with Crippen molar-refractivity contribution < 1.29 is 4.42 Å². The van der Waals surface area contributed by atoms with E-state index in [9.17, 15) is 0 Å². The van der Waals surface area contributed by atoms with Crippen LogP contribution in [0, 0.1) is 0 Å². The number of nitrogens with zero attached hydrogens (tertiary/aromatic N) is 1. The van der Waals surface area contributed by atoms with Crippen LogP contribution >= 0.6 is 11.6 Å². The average molecular weight is 356 g/mol. The van der Waals surface area contributed by atoms with Gasteiger partial charge in [0.05, 0.1) is 0 Å². The molecule has 0 saturated heterocycles. The third-order valence-corrected chi connectivity index (χ3v) is 4.78. The second-order valence-electron chi connectivity index (χ2n) is 6.21. The standard InChI is InChI=1S/C23H14ClNO/c24-17-13-20(19-12-6-10-15-7-4-5-11-18(15)19)22-21(14-17)26-23(25-22)16-8-2-1-3-9-16/h1-14H. The summed E-state index contributed by atoms with van der Waals surface area (Å²) in [6.45, 7) is 0. The summed E-state index contributed by atoms with van der Waals surface area (Å²) >= 11 is 6.39. The number of oxazole rings is 1. The SMILES string of the molecule is Clc1cc(-c2cccc3ccccc23)c2nc(-c3ccccc3)oc2c1. The van der Waals surface area contributed by atoms with E-state index in [0.29, 0.717) is 16.5 Å². The van der Waals surface area contributed by atoms with Gasteiger partial charge in [-0.05, 0) is 34.5 Å². The Hall–Kier alpha value is -3.10. The summed E-state index contributed by atoms with van der Waals surface area (Å²) in [5.74, 6) is 0.601. The van der Waals surface area contributed by atoms with E-state index in [0.717, 1.165) is 22.2 Å². The predicted octanol–water partition coefficient (Wildman–Crippen LogP) is 6.97. The third-order valence-electron chi connectivity index (χ3n) is 4.56. The predicted molar refractivity (Wildman–Crippen MR) is 107 cm³/mol. The van der Waals surface area contributed by atoms with Gasteiger partial charge in [0.15, 0.2) is 5.58 Å². The van der Waals surface area contributed by atoms with E-state index in [4.69, 9.17) is 21.0 Å². The van der Waals surface area contributed by atoms with Gasteiger partial charge >= 0.3 is 0 Å². The van der Waals surface area contributed by atoms with E-state index in [2.05, 4.69) is 30.3 Å². The molecule has 0 atom stereocenters. The van der Waals surface area contributed by atoms with E-state index in [1.807, 2.05) is 54.6 Å².